The highest BCUT2D eigenvalue weighted by molar-refractivity contribution is 6.35. The average Bonchev–Trinajstić information content (AvgIpc) is 2.54. The fourth-order valence-electron chi connectivity index (χ4n) is 2.78. The number of halogens is 2. The van der Waals surface area contributed by atoms with E-state index in [0.717, 1.165) is 16.8 Å². The van der Waals surface area contributed by atoms with Gasteiger partial charge in [-0.2, -0.15) is 0 Å². The van der Waals surface area contributed by atoms with Gasteiger partial charge in [0.2, 0.25) is 0 Å². The minimum absolute atomic E-state index is 0.134. The van der Waals surface area contributed by atoms with Gasteiger partial charge in [0.05, 0.1) is 11.1 Å². The molecule has 1 aliphatic heterocycles. The van der Waals surface area contributed by atoms with Crippen LogP contribution >= 0.6 is 23.2 Å². The van der Waals surface area contributed by atoms with Crippen molar-refractivity contribution in [2.75, 3.05) is 18.1 Å². The van der Waals surface area contributed by atoms with Gasteiger partial charge in [0, 0.05) is 22.8 Å². The third kappa shape index (κ3) is 3.51. The third-order valence-corrected chi connectivity index (χ3v) is 4.54. The number of benzene rings is 2. The van der Waals surface area contributed by atoms with Crippen molar-refractivity contribution in [3.8, 4) is 5.75 Å². The number of nitrogens with zero attached hydrogens (tertiary/aromatic N) is 1. The summed E-state index contributed by atoms with van der Waals surface area (Å²) in [5, 5.41) is 11.0. The Balaban J connectivity index is 1.75. The molecule has 0 radical (unpaired) electrons. The lowest BCUT2D eigenvalue weighted by atomic mass is 9.97. The summed E-state index contributed by atoms with van der Waals surface area (Å²) < 4.78 is 5.53. The first-order valence-corrected chi connectivity index (χ1v) is 8.38. The van der Waals surface area contributed by atoms with E-state index in [2.05, 4.69) is 0 Å². The molecule has 24 heavy (non-hydrogen) atoms. The molecule has 0 saturated heterocycles. The van der Waals surface area contributed by atoms with Gasteiger partial charge in [-0.15, -0.1) is 0 Å². The van der Waals surface area contributed by atoms with Crippen molar-refractivity contribution in [2.24, 2.45) is 0 Å². The molecule has 1 aliphatic rings. The Bertz CT molecular complexity index is 779. The molecule has 3 rings (SSSR count). The van der Waals surface area contributed by atoms with Crippen LogP contribution in [0.3, 0.4) is 0 Å². The number of hydrogen-bond donors (Lipinski definition) is 1. The van der Waals surface area contributed by atoms with Crippen molar-refractivity contribution in [3.63, 3.8) is 0 Å². The van der Waals surface area contributed by atoms with Crippen molar-refractivity contribution < 1.29 is 14.6 Å². The molecule has 1 unspecified atom stereocenters. The number of ether oxygens (including phenoxy) is 1. The molecule has 1 amide bonds. The molecule has 1 atom stereocenters. The van der Waals surface area contributed by atoms with Crippen LogP contribution in [0.4, 0.5) is 5.69 Å². The van der Waals surface area contributed by atoms with Crippen LogP contribution in [0.25, 0.3) is 0 Å². The Morgan fingerprint density at radius 3 is 2.83 bits per heavy atom. The fraction of sp³-hybridized carbons (Fsp3) is 0.278. The molecule has 4 nitrogen and oxygen atoms in total. The van der Waals surface area contributed by atoms with Gasteiger partial charge >= 0.3 is 0 Å². The van der Waals surface area contributed by atoms with Crippen molar-refractivity contribution >= 4 is 34.8 Å². The lowest BCUT2D eigenvalue weighted by Crippen LogP contribution is -2.39. The monoisotopic (exact) mass is 365 g/mol. The van der Waals surface area contributed by atoms with Crippen LogP contribution in [0.2, 0.25) is 10.0 Å². The van der Waals surface area contributed by atoms with Gasteiger partial charge in [0.15, 0.2) is 6.61 Å². The minimum atomic E-state index is -0.546. The lowest BCUT2D eigenvalue weighted by molar-refractivity contribution is -0.120. The average molecular weight is 366 g/mol. The molecule has 0 bridgehead atoms. The van der Waals surface area contributed by atoms with E-state index in [1.54, 1.807) is 23.1 Å². The van der Waals surface area contributed by atoms with Crippen LogP contribution in [-0.2, 0) is 4.79 Å². The predicted molar refractivity (Wildman–Crippen MR) is 95.1 cm³/mol. The molecule has 0 saturated carbocycles. The summed E-state index contributed by atoms with van der Waals surface area (Å²) in [4.78, 5) is 14.2. The van der Waals surface area contributed by atoms with Crippen LogP contribution in [0, 0.1) is 6.92 Å². The molecule has 1 heterocycles. The predicted octanol–water partition coefficient (Wildman–Crippen LogP) is 4.15. The van der Waals surface area contributed by atoms with E-state index in [-0.39, 0.29) is 12.5 Å². The maximum atomic E-state index is 12.6. The van der Waals surface area contributed by atoms with Crippen LogP contribution in [0.15, 0.2) is 36.4 Å². The minimum Gasteiger partial charge on any atom is -0.482 e. The molecular weight excluding hydrogens is 349 g/mol. The third-order valence-electron chi connectivity index (χ3n) is 4.01. The number of rotatable bonds is 3. The number of carbonyl (C=O) groups excluding carboxylic acids is 1. The molecule has 6 heteroatoms. The van der Waals surface area contributed by atoms with E-state index in [1.807, 2.05) is 25.1 Å². The van der Waals surface area contributed by atoms with Gasteiger partial charge in [0.25, 0.3) is 5.91 Å². The van der Waals surface area contributed by atoms with E-state index < -0.39 is 6.10 Å². The van der Waals surface area contributed by atoms with Gasteiger partial charge in [-0.1, -0.05) is 40.9 Å². The molecule has 0 aromatic heterocycles. The maximum absolute atomic E-state index is 12.6. The van der Waals surface area contributed by atoms with Crippen LogP contribution in [0.5, 0.6) is 5.75 Å². The second-order valence-electron chi connectivity index (χ2n) is 5.78. The maximum Gasteiger partial charge on any atom is 0.264 e. The number of aliphatic hydroxyl groups is 1. The van der Waals surface area contributed by atoms with Crippen molar-refractivity contribution in [1.29, 1.82) is 0 Å². The van der Waals surface area contributed by atoms with Crippen molar-refractivity contribution in [3.05, 3.63) is 57.6 Å². The van der Waals surface area contributed by atoms with Gasteiger partial charge < -0.3 is 14.7 Å². The number of aryl methyl sites for hydroxylation is 1. The Kier molecular flexibility index (Phi) is 4.99. The normalized spacial score (nSPS) is 16.7. The quantitative estimate of drug-likeness (QED) is 0.888. The molecule has 2 aromatic rings. The Hall–Kier alpha value is -1.75. The Morgan fingerprint density at radius 1 is 1.29 bits per heavy atom. The second kappa shape index (κ2) is 7.01. The summed E-state index contributed by atoms with van der Waals surface area (Å²) in [6.07, 6.45) is -0.0419. The van der Waals surface area contributed by atoms with Gasteiger partial charge in [-0.25, -0.2) is 0 Å². The molecule has 2 aromatic carbocycles. The highest BCUT2D eigenvalue weighted by Gasteiger charge is 2.27. The van der Waals surface area contributed by atoms with Crippen LogP contribution in [0.1, 0.15) is 23.7 Å². The Morgan fingerprint density at radius 2 is 2.08 bits per heavy atom. The Labute approximate surface area is 150 Å². The summed E-state index contributed by atoms with van der Waals surface area (Å²) in [6.45, 7) is 2.28. The lowest BCUT2D eigenvalue weighted by Gasteiger charge is -2.32. The SMILES string of the molecule is Cc1ccc2c(c1)C(O)CCN2C(=O)COc1ccc(Cl)cc1Cl. The zero-order valence-electron chi connectivity index (χ0n) is 13.1. The summed E-state index contributed by atoms with van der Waals surface area (Å²) in [5.74, 6) is 0.230. The van der Waals surface area contributed by atoms with Crippen LogP contribution in [-0.4, -0.2) is 24.2 Å². The topological polar surface area (TPSA) is 49.8 Å². The van der Waals surface area contributed by atoms with Crippen molar-refractivity contribution in [2.45, 2.75) is 19.4 Å². The van der Waals surface area contributed by atoms with E-state index in [9.17, 15) is 9.90 Å². The first-order chi connectivity index (χ1) is 11.5. The van der Waals surface area contributed by atoms with E-state index >= 15 is 0 Å². The van der Waals surface area contributed by atoms with E-state index in [4.69, 9.17) is 27.9 Å². The van der Waals surface area contributed by atoms with E-state index in [1.165, 1.54) is 0 Å². The van der Waals surface area contributed by atoms with Gasteiger partial charge in [-0.3, -0.25) is 4.79 Å². The first-order valence-electron chi connectivity index (χ1n) is 7.62. The van der Waals surface area contributed by atoms with Gasteiger partial charge in [-0.05, 0) is 37.6 Å². The summed E-state index contributed by atoms with van der Waals surface area (Å²) in [5.41, 5.74) is 2.56. The summed E-state index contributed by atoms with van der Waals surface area (Å²) in [6, 6.07) is 10.6. The van der Waals surface area contributed by atoms with Gasteiger partial charge in [0.1, 0.15) is 5.75 Å². The number of amides is 1. The molecular formula is C18H17Cl2NO3. The zero-order valence-corrected chi connectivity index (χ0v) is 14.6. The summed E-state index contributed by atoms with van der Waals surface area (Å²) >= 11 is 11.9. The largest absolute Gasteiger partial charge is 0.482 e. The van der Waals surface area contributed by atoms with E-state index in [0.29, 0.717) is 28.8 Å². The highest BCUT2D eigenvalue weighted by atomic mass is 35.5. The fourth-order valence-corrected chi connectivity index (χ4v) is 3.25. The van der Waals surface area contributed by atoms with Crippen molar-refractivity contribution in [1.82, 2.24) is 0 Å². The molecule has 0 spiro atoms. The standard InChI is InChI=1S/C18H17Cl2NO3/c1-11-2-4-15-13(8-11)16(22)6-7-21(15)18(23)10-24-17-5-3-12(19)9-14(17)20/h2-5,8-9,16,22H,6-7,10H2,1H3. The zero-order chi connectivity index (χ0) is 17.3. The molecule has 0 fully saturated rings. The number of hydrogen-bond acceptors (Lipinski definition) is 3. The second-order valence-corrected chi connectivity index (χ2v) is 6.62. The molecule has 126 valence electrons. The highest BCUT2D eigenvalue weighted by Crippen LogP contribution is 2.34. The number of anilines is 1. The van der Waals surface area contributed by atoms with Crippen LogP contribution < -0.4 is 9.64 Å². The first kappa shape index (κ1) is 17.1. The molecule has 1 N–H and O–H groups in total. The number of aliphatic hydroxyl groups excluding tert-OH is 1. The smallest absolute Gasteiger partial charge is 0.264 e. The molecule has 0 aliphatic carbocycles. The summed E-state index contributed by atoms with van der Waals surface area (Å²) in [7, 11) is 0. The number of fused-ring (bicyclic) bond motifs is 1. The number of carbonyl (C=O) groups is 1.